The second-order valence-electron chi connectivity index (χ2n) is 1.86. The lowest BCUT2D eigenvalue weighted by atomic mass is 10.5. The molecule has 1 aromatic rings. The average Bonchev–Trinajstić information content (AvgIpc) is 2.07. The van der Waals surface area contributed by atoms with Gasteiger partial charge in [0.15, 0.2) is 0 Å². The molecule has 0 fully saturated rings. The van der Waals surface area contributed by atoms with Gasteiger partial charge >= 0.3 is 0 Å². The summed E-state index contributed by atoms with van der Waals surface area (Å²) in [6.45, 7) is 0.727. The quantitative estimate of drug-likeness (QED) is 0.574. The van der Waals surface area contributed by atoms with Crippen molar-refractivity contribution < 1.29 is 0 Å². The van der Waals surface area contributed by atoms with Crippen LogP contribution in [0.4, 0.5) is 0 Å². The topological polar surface area (TPSA) is 38.9 Å². The Bertz CT molecular complexity index is 191. The highest BCUT2D eigenvalue weighted by molar-refractivity contribution is 8.76. The zero-order valence-corrected chi connectivity index (χ0v) is 7.70. The Balaban J connectivity index is 2.28. The van der Waals surface area contributed by atoms with Crippen molar-refractivity contribution in [1.82, 2.24) is 4.98 Å². The molecule has 0 aliphatic heterocycles. The van der Waals surface area contributed by atoms with E-state index < -0.39 is 0 Å². The summed E-state index contributed by atoms with van der Waals surface area (Å²) in [5.74, 6) is 0.973. The molecule has 0 saturated carbocycles. The van der Waals surface area contributed by atoms with Crippen LogP contribution in [0.2, 0.25) is 0 Å². The summed E-state index contributed by atoms with van der Waals surface area (Å²) in [6, 6.07) is 5.89. The fourth-order valence-corrected chi connectivity index (χ4v) is 2.28. The van der Waals surface area contributed by atoms with Crippen molar-refractivity contribution in [2.75, 3.05) is 12.3 Å². The summed E-state index contributed by atoms with van der Waals surface area (Å²) in [5, 5.41) is 1.05. The van der Waals surface area contributed by atoms with E-state index in [9.17, 15) is 0 Å². The molecule has 0 bridgehead atoms. The van der Waals surface area contributed by atoms with Gasteiger partial charge in [0.2, 0.25) is 0 Å². The van der Waals surface area contributed by atoms with Crippen molar-refractivity contribution in [3.8, 4) is 0 Å². The van der Waals surface area contributed by atoms with Gasteiger partial charge < -0.3 is 5.73 Å². The van der Waals surface area contributed by atoms with Crippen LogP contribution in [-0.2, 0) is 0 Å². The summed E-state index contributed by atoms with van der Waals surface area (Å²) in [5.41, 5.74) is 5.34. The van der Waals surface area contributed by atoms with E-state index in [1.54, 1.807) is 27.8 Å². The minimum Gasteiger partial charge on any atom is -0.330 e. The first-order chi connectivity index (χ1) is 5.43. The van der Waals surface area contributed by atoms with E-state index in [1.165, 1.54) is 0 Å². The van der Waals surface area contributed by atoms with Gasteiger partial charge in [-0.25, -0.2) is 4.98 Å². The molecule has 2 nitrogen and oxygen atoms in total. The van der Waals surface area contributed by atoms with E-state index in [0.717, 1.165) is 17.3 Å². The molecule has 0 aliphatic rings. The molecule has 0 aliphatic carbocycles. The largest absolute Gasteiger partial charge is 0.330 e. The van der Waals surface area contributed by atoms with Gasteiger partial charge in [-0.1, -0.05) is 16.9 Å². The maximum Gasteiger partial charge on any atom is 0.106 e. The number of hydrogen-bond acceptors (Lipinski definition) is 4. The van der Waals surface area contributed by atoms with E-state index in [0.29, 0.717) is 0 Å². The molecule has 60 valence electrons. The van der Waals surface area contributed by atoms with Crippen LogP contribution >= 0.6 is 21.6 Å². The van der Waals surface area contributed by atoms with Gasteiger partial charge in [-0.15, -0.1) is 0 Å². The Labute approximate surface area is 74.4 Å². The molecular weight excluding hydrogens is 176 g/mol. The van der Waals surface area contributed by atoms with Crippen LogP contribution in [0.3, 0.4) is 0 Å². The second-order valence-corrected chi connectivity index (χ2v) is 4.30. The normalized spacial score (nSPS) is 9.91. The van der Waals surface area contributed by atoms with Crippen molar-refractivity contribution in [2.45, 2.75) is 5.03 Å². The molecule has 1 heterocycles. The van der Waals surface area contributed by atoms with Crippen molar-refractivity contribution in [1.29, 1.82) is 0 Å². The molecule has 4 heteroatoms. The third-order valence-electron chi connectivity index (χ3n) is 0.983. The SMILES string of the molecule is NCCSSc1ccccn1. The fraction of sp³-hybridized carbons (Fsp3) is 0.286. The highest BCUT2D eigenvalue weighted by Gasteiger charge is 1.92. The number of nitrogens with two attached hydrogens (primary N) is 1. The van der Waals surface area contributed by atoms with Gasteiger partial charge in [-0.2, -0.15) is 0 Å². The first-order valence-electron chi connectivity index (χ1n) is 3.34. The Kier molecular flexibility index (Phi) is 4.42. The highest BCUT2D eigenvalue weighted by atomic mass is 33.1. The monoisotopic (exact) mass is 186 g/mol. The molecule has 0 spiro atoms. The van der Waals surface area contributed by atoms with Gasteiger partial charge in [0.1, 0.15) is 5.03 Å². The number of rotatable bonds is 4. The minimum atomic E-state index is 0.727. The van der Waals surface area contributed by atoms with Crippen molar-refractivity contribution in [3.05, 3.63) is 24.4 Å². The second kappa shape index (κ2) is 5.46. The van der Waals surface area contributed by atoms with Gasteiger partial charge in [-0.3, -0.25) is 0 Å². The molecular formula is C7H10N2S2. The molecule has 0 unspecified atom stereocenters. The zero-order chi connectivity index (χ0) is 7.94. The van der Waals surface area contributed by atoms with Gasteiger partial charge in [0, 0.05) is 18.5 Å². The van der Waals surface area contributed by atoms with Crippen molar-refractivity contribution in [2.24, 2.45) is 5.73 Å². The van der Waals surface area contributed by atoms with E-state index in [1.807, 2.05) is 18.2 Å². The molecule has 0 atom stereocenters. The lowest BCUT2D eigenvalue weighted by Crippen LogP contribution is -1.99. The van der Waals surface area contributed by atoms with E-state index >= 15 is 0 Å². The maximum atomic E-state index is 5.34. The molecule has 0 saturated heterocycles. The standard InChI is InChI=1S/C7H10N2S2/c8-4-6-10-11-7-3-1-2-5-9-7/h1-3,5H,4,6,8H2. The van der Waals surface area contributed by atoms with Crippen LogP contribution in [0.25, 0.3) is 0 Å². The molecule has 0 aromatic carbocycles. The Morgan fingerprint density at radius 2 is 2.36 bits per heavy atom. The minimum absolute atomic E-state index is 0.727. The lowest BCUT2D eigenvalue weighted by molar-refractivity contribution is 1.14. The summed E-state index contributed by atoms with van der Waals surface area (Å²) >= 11 is 0. The van der Waals surface area contributed by atoms with Crippen LogP contribution in [-0.4, -0.2) is 17.3 Å². The average molecular weight is 186 g/mol. The number of hydrogen-bond donors (Lipinski definition) is 1. The molecule has 1 aromatic heterocycles. The predicted octanol–water partition coefficient (Wildman–Crippen LogP) is 1.78. The van der Waals surface area contributed by atoms with Crippen molar-refractivity contribution >= 4 is 21.6 Å². The summed E-state index contributed by atoms with van der Waals surface area (Å²) in [4.78, 5) is 4.15. The Hall–Kier alpha value is -0.190. The number of pyridine rings is 1. The van der Waals surface area contributed by atoms with Gasteiger partial charge in [0.05, 0.1) is 0 Å². The van der Waals surface area contributed by atoms with E-state index in [-0.39, 0.29) is 0 Å². The van der Waals surface area contributed by atoms with Crippen molar-refractivity contribution in [3.63, 3.8) is 0 Å². The van der Waals surface area contributed by atoms with E-state index in [2.05, 4.69) is 4.98 Å². The summed E-state index contributed by atoms with van der Waals surface area (Å²) < 4.78 is 0. The molecule has 0 amide bonds. The van der Waals surface area contributed by atoms with E-state index in [4.69, 9.17) is 5.73 Å². The van der Waals surface area contributed by atoms with Crippen LogP contribution in [0, 0.1) is 0 Å². The lowest BCUT2D eigenvalue weighted by Gasteiger charge is -1.96. The van der Waals surface area contributed by atoms with Gasteiger partial charge in [0.25, 0.3) is 0 Å². The molecule has 1 rings (SSSR count). The summed E-state index contributed by atoms with van der Waals surface area (Å²) in [7, 11) is 3.41. The molecule has 11 heavy (non-hydrogen) atoms. The zero-order valence-electron chi connectivity index (χ0n) is 6.06. The van der Waals surface area contributed by atoms with Crippen LogP contribution in [0.5, 0.6) is 0 Å². The molecule has 0 radical (unpaired) electrons. The third kappa shape index (κ3) is 3.65. The Morgan fingerprint density at radius 3 is 3.00 bits per heavy atom. The first kappa shape index (κ1) is 8.90. The van der Waals surface area contributed by atoms with Crippen LogP contribution < -0.4 is 5.73 Å². The smallest absolute Gasteiger partial charge is 0.106 e. The highest BCUT2D eigenvalue weighted by Crippen LogP contribution is 2.27. The predicted molar refractivity (Wildman–Crippen MR) is 51.6 cm³/mol. The Morgan fingerprint density at radius 1 is 1.45 bits per heavy atom. The maximum absolute atomic E-state index is 5.34. The third-order valence-corrected chi connectivity index (χ3v) is 3.28. The van der Waals surface area contributed by atoms with Gasteiger partial charge in [-0.05, 0) is 22.9 Å². The number of nitrogens with zero attached hydrogens (tertiary/aromatic N) is 1. The number of aromatic nitrogens is 1. The fourth-order valence-electron chi connectivity index (χ4n) is 0.547. The van der Waals surface area contributed by atoms with Crippen LogP contribution in [0.15, 0.2) is 29.4 Å². The molecule has 2 N–H and O–H groups in total. The first-order valence-corrected chi connectivity index (χ1v) is 5.66. The van der Waals surface area contributed by atoms with Crippen LogP contribution in [0.1, 0.15) is 0 Å². The summed E-state index contributed by atoms with van der Waals surface area (Å²) in [6.07, 6.45) is 1.80.